The number of pyridine rings is 1. The number of alkyl halides is 3. The molecule has 0 aromatic carbocycles. The fourth-order valence-corrected chi connectivity index (χ4v) is 0.780. The van der Waals surface area contributed by atoms with Crippen LogP contribution in [0.5, 0.6) is 0 Å². The topological polar surface area (TPSA) is 30.0 Å². The molecule has 0 atom stereocenters. The minimum absolute atomic E-state index is 0.0186. The van der Waals surface area contributed by atoms with E-state index in [1.807, 2.05) is 0 Å². The largest absolute Gasteiger partial charge is 0.417 e. The van der Waals surface area contributed by atoms with Gasteiger partial charge < -0.3 is 0 Å². The molecule has 0 bridgehead atoms. The normalized spacial score (nSPS) is 11.4. The van der Waals surface area contributed by atoms with E-state index in [1.54, 1.807) is 0 Å². The molecule has 0 radical (unpaired) electrons. The predicted octanol–water partition coefficient (Wildman–Crippen LogP) is 2.05. The molecule has 1 aromatic heterocycles. The maximum Gasteiger partial charge on any atom is 0.417 e. The van der Waals surface area contributed by atoms with Crippen molar-refractivity contribution in [1.29, 1.82) is 0 Å². The number of carbonyl (C=O) groups excluding carboxylic acids is 1. The lowest BCUT2D eigenvalue weighted by Crippen LogP contribution is -2.10. The van der Waals surface area contributed by atoms with Crippen molar-refractivity contribution in [2.24, 2.45) is 0 Å². The molecule has 0 aliphatic carbocycles. The summed E-state index contributed by atoms with van der Waals surface area (Å²) in [5.74, 6) is -1.27. The van der Waals surface area contributed by atoms with Gasteiger partial charge >= 0.3 is 6.18 Å². The molecule has 0 aliphatic rings. The zero-order chi connectivity index (χ0) is 10.1. The lowest BCUT2D eigenvalue weighted by Gasteiger charge is -2.07. The van der Waals surface area contributed by atoms with E-state index in [-0.39, 0.29) is 12.4 Å². The van der Waals surface area contributed by atoms with Crippen LogP contribution in [0.2, 0.25) is 0 Å². The molecule has 6 heteroatoms. The van der Waals surface area contributed by atoms with Crippen LogP contribution in [0.3, 0.4) is 0 Å². The number of rotatable bonds is 1. The molecule has 0 fully saturated rings. The van der Waals surface area contributed by atoms with Gasteiger partial charge in [0.05, 0.1) is 5.56 Å². The van der Waals surface area contributed by atoms with E-state index in [4.69, 9.17) is 0 Å². The standard InChI is InChI=1S/C7H3F4NO/c8-6-1-5(7(9,10)11)4(3-13)2-12-6/h1-3H. The van der Waals surface area contributed by atoms with E-state index >= 15 is 0 Å². The minimum atomic E-state index is -4.74. The van der Waals surface area contributed by atoms with Gasteiger partial charge in [0.2, 0.25) is 5.95 Å². The Morgan fingerprint density at radius 2 is 2.00 bits per heavy atom. The van der Waals surface area contributed by atoms with Gasteiger partial charge in [-0.15, -0.1) is 0 Å². The van der Waals surface area contributed by atoms with Gasteiger partial charge in [-0.3, -0.25) is 4.79 Å². The Kier molecular flexibility index (Phi) is 2.31. The summed E-state index contributed by atoms with van der Waals surface area (Å²) in [4.78, 5) is 13.0. The van der Waals surface area contributed by atoms with Gasteiger partial charge in [-0.1, -0.05) is 0 Å². The molecule has 0 amide bonds. The van der Waals surface area contributed by atoms with Gasteiger partial charge in [-0.05, 0) is 0 Å². The Balaban J connectivity index is 3.32. The first-order valence-electron chi connectivity index (χ1n) is 3.13. The molecular weight excluding hydrogens is 190 g/mol. The van der Waals surface area contributed by atoms with Crippen molar-refractivity contribution in [2.75, 3.05) is 0 Å². The van der Waals surface area contributed by atoms with Gasteiger partial charge in [-0.2, -0.15) is 17.6 Å². The van der Waals surface area contributed by atoms with Crippen LogP contribution in [-0.4, -0.2) is 11.3 Å². The van der Waals surface area contributed by atoms with Crippen molar-refractivity contribution < 1.29 is 22.4 Å². The molecule has 0 saturated carbocycles. The Bertz CT molecular complexity index is 334. The molecule has 13 heavy (non-hydrogen) atoms. The van der Waals surface area contributed by atoms with Gasteiger partial charge in [0, 0.05) is 17.8 Å². The highest BCUT2D eigenvalue weighted by molar-refractivity contribution is 5.76. The van der Waals surface area contributed by atoms with Gasteiger partial charge in [-0.25, -0.2) is 4.98 Å². The third-order valence-corrected chi connectivity index (χ3v) is 1.33. The van der Waals surface area contributed by atoms with Crippen LogP contribution in [0, 0.1) is 5.95 Å². The molecule has 0 aliphatic heterocycles. The summed E-state index contributed by atoms with van der Waals surface area (Å²) < 4.78 is 48.5. The molecule has 1 heterocycles. The summed E-state index contributed by atoms with van der Waals surface area (Å²) in [5.41, 5.74) is -1.98. The maximum absolute atomic E-state index is 12.3. The van der Waals surface area contributed by atoms with Crippen molar-refractivity contribution in [3.63, 3.8) is 0 Å². The summed E-state index contributed by atoms with van der Waals surface area (Å²) in [6.07, 6.45) is -4.21. The molecule has 2 nitrogen and oxygen atoms in total. The summed E-state index contributed by atoms with van der Waals surface area (Å²) in [6.45, 7) is 0. The first-order chi connectivity index (χ1) is 5.95. The van der Waals surface area contributed by atoms with E-state index in [0.717, 1.165) is 0 Å². The van der Waals surface area contributed by atoms with Crippen molar-refractivity contribution in [3.8, 4) is 0 Å². The lowest BCUT2D eigenvalue weighted by atomic mass is 10.1. The van der Waals surface area contributed by atoms with E-state index < -0.39 is 23.3 Å². The number of hydrogen-bond acceptors (Lipinski definition) is 2. The Morgan fingerprint density at radius 3 is 2.46 bits per heavy atom. The summed E-state index contributed by atoms with van der Waals surface area (Å²) in [7, 11) is 0. The predicted molar refractivity (Wildman–Crippen MR) is 34.6 cm³/mol. The molecule has 1 rings (SSSR count). The Morgan fingerprint density at radius 1 is 1.38 bits per heavy atom. The second-order valence-corrected chi connectivity index (χ2v) is 2.21. The molecule has 0 N–H and O–H groups in total. The molecule has 0 saturated heterocycles. The molecule has 70 valence electrons. The number of halogens is 4. The van der Waals surface area contributed by atoms with Crippen LogP contribution in [0.1, 0.15) is 15.9 Å². The highest BCUT2D eigenvalue weighted by atomic mass is 19.4. The van der Waals surface area contributed by atoms with Crippen LogP contribution >= 0.6 is 0 Å². The molecule has 0 spiro atoms. The number of carbonyl (C=O) groups is 1. The van der Waals surface area contributed by atoms with Crippen molar-refractivity contribution in [3.05, 3.63) is 29.3 Å². The number of hydrogen-bond donors (Lipinski definition) is 0. The van der Waals surface area contributed by atoms with Crippen LogP contribution in [0.25, 0.3) is 0 Å². The fourth-order valence-electron chi connectivity index (χ4n) is 0.780. The fraction of sp³-hybridized carbons (Fsp3) is 0.143. The quantitative estimate of drug-likeness (QED) is 0.388. The van der Waals surface area contributed by atoms with E-state index in [1.165, 1.54) is 0 Å². The van der Waals surface area contributed by atoms with Crippen LogP contribution in [0.4, 0.5) is 17.6 Å². The zero-order valence-electron chi connectivity index (χ0n) is 6.10. The number of aromatic nitrogens is 1. The average molecular weight is 193 g/mol. The first kappa shape index (κ1) is 9.63. The molecule has 1 aromatic rings. The van der Waals surface area contributed by atoms with Gasteiger partial charge in [0.25, 0.3) is 0 Å². The van der Waals surface area contributed by atoms with Gasteiger partial charge in [0.1, 0.15) is 0 Å². The average Bonchev–Trinajstić information content (AvgIpc) is 2.03. The lowest BCUT2D eigenvalue weighted by molar-refractivity contribution is -0.138. The SMILES string of the molecule is O=Cc1cnc(F)cc1C(F)(F)F. The molecule has 0 unspecified atom stereocenters. The van der Waals surface area contributed by atoms with Crippen molar-refractivity contribution in [2.45, 2.75) is 6.18 Å². The Labute approximate surface area is 70.2 Å². The summed E-state index contributed by atoms with van der Waals surface area (Å²) in [5, 5.41) is 0. The van der Waals surface area contributed by atoms with E-state index in [0.29, 0.717) is 6.20 Å². The van der Waals surface area contributed by atoms with Crippen LogP contribution < -0.4 is 0 Å². The highest BCUT2D eigenvalue weighted by Gasteiger charge is 2.34. The summed E-state index contributed by atoms with van der Waals surface area (Å²) >= 11 is 0. The second-order valence-electron chi connectivity index (χ2n) is 2.21. The van der Waals surface area contributed by atoms with Crippen molar-refractivity contribution >= 4 is 6.29 Å². The third kappa shape index (κ3) is 2.01. The van der Waals surface area contributed by atoms with Crippen LogP contribution in [-0.2, 0) is 6.18 Å². The van der Waals surface area contributed by atoms with Gasteiger partial charge in [0.15, 0.2) is 6.29 Å². The highest BCUT2D eigenvalue weighted by Crippen LogP contribution is 2.31. The second kappa shape index (κ2) is 3.12. The van der Waals surface area contributed by atoms with Crippen LogP contribution in [0.15, 0.2) is 12.3 Å². The zero-order valence-corrected chi connectivity index (χ0v) is 6.10. The van der Waals surface area contributed by atoms with E-state index in [9.17, 15) is 22.4 Å². The third-order valence-electron chi connectivity index (χ3n) is 1.33. The monoisotopic (exact) mass is 193 g/mol. The first-order valence-corrected chi connectivity index (χ1v) is 3.13. The summed E-state index contributed by atoms with van der Waals surface area (Å²) in [6, 6.07) is 0.184. The van der Waals surface area contributed by atoms with Crippen molar-refractivity contribution in [1.82, 2.24) is 4.98 Å². The number of aldehydes is 1. The minimum Gasteiger partial charge on any atom is -0.298 e. The van der Waals surface area contributed by atoms with E-state index in [2.05, 4.69) is 4.98 Å². The number of nitrogens with zero attached hydrogens (tertiary/aromatic N) is 1. The smallest absolute Gasteiger partial charge is 0.298 e. The molecular formula is C7H3F4NO. The maximum atomic E-state index is 12.3. The Hall–Kier alpha value is -1.46.